The Hall–Kier alpha value is -1.80. The molecule has 92 valence electrons. The van der Waals surface area contributed by atoms with Gasteiger partial charge < -0.3 is 16.2 Å². The summed E-state index contributed by atoms with van der Waals surface area (Å²) in [5.74, 6) is 0.413. The average Bonchev–Trinajstić information content (AvgIpc) is 2.19. The third-order valence-electron chi connectivity index (χ3n) is 3.07. The molecule has 1 aromatic rings. The summed E-state index contributed by atoms with van der Waals surface area (Å²) in [7, 11) is 0. The summed E-state index contributed by atoms with van der Waals surface area (Å²) in [6.07, 6.45) is 1.51. The second-order valence-electron chi connectivity index (χ2n) is 5.04. The summed E-state index contributed by atoms with van der Waals surface area (Å²) in [5, 5.41) is 22.0. The molecule has 5 heteroatoms. The molecule has 0 amide bonds. The van der Waals surface area contributed by atoms with Crippen LogP contribution in [0.1, 0.15) is 33.3 Å². The minimum absolute atomic E-state index is 0.298. The molecule has 4 N–H and O–H groups in total. The van der Waals surface area contributed by atoms with Crippen LogP contribution in [-0.4, -0.2) is 21.2 Å². The summed E-state index contributed by atoms with van der Waals surface area (Å²) >= 11 is 0. The molecule has 0 radical (unpaired) electrons. The number of rotatable bonds is 3. The SMILES string of the molecule is CC(C)(O)C(C)(C)Nc1nccc(C#N)c1N. The first-order valence-corrected chi connectivity index (χ1v) is 5.34. The predicted molar refractivity (Wildman–Crippen MR) is 67.4 cm³/mol. The first-order valence-electron chi connectivity index (χ1n) is 5.34. The van der Waals surface area contributed by atoms with Crippen LogP contribution in [0.2, 0.25) is 0 Å². The van der Waals surface area contributed by atoms with E-state index < -0.39 is 11.1 Å². The van der Waals surface area contributed by atoms with E-state index in [4.69, 9.17) is 11.0 Å². The van der Waals surface area contributed by atoms with Gasteiger partial charge in [0.25, 0.3) is 0 Å². The van der Waals surface area contributed by atoms with Gasteiger partial charge in [0.15, 0.2) is 5.82 Å². The molecular formula is C12H18N4O. The Balaban J connectivity index is 3.10. The highest BCUT2D eigenvalue weighted by molar-refractivity contribution is 5.69. The van der Waals surface area contributed by atoms with Crippen molar-refractivity contribution in [3.8, 4) is 6.07 Å². The van der Waals surface area contributed by atoms with E-state index in [0.717, 1.165) is 0 Å². The topological polar surface area (TPSA) is 95.0 Å². The lowest BCUT2D eigenvalue weighted by Gasteiger charge is -2.38. The Morgan fingerprint density at radius 1 is 1.41 bits per heavy atom. The maximum Gasteiger partial charge on any atom is 0.151 e. The van der Waals surface area contributed by atoms with Crippen LogP contribution >= 0.6 is 0 Å². The molecule has 0 bridgehead atoms. The number of hydrogen-bond acceptors (Lipinski definition) is 5. The van der Waals surface area contributed by atoms with E-state index >= 15 is 0 Å². The monoisotopic (exact) mass is 234 g/mol. The maximum absolute atomic E-state index is 10.0. The van der Waals surface area contributed by atoms with Crippen molar-refractivity contribution in [2.75, 3.05) is 11.1 Å². The largest absolute Gasteiger partial charge is 0.395 e. The van der Waals surface area contributed by atoms with E-state index in [9.17, 15) is 5.11 Å². The molecule has 0 unspecified atom stereocenters. The molecule has 0 aliphatic carbocycles. The smallest absolute Gasteiger partial charge is 0.151 e. The van der Waals surface area contributed by atoms with Crippen LogP contribution in [0.25, 0.3) is 0 Å². The van der Waals surface area contributed by atoms with Crippen molar-refractivity contribution in [2.45, 2.75) is 38.8 Å². The number of nitrogens with two attached hydrogens (primary N) is 1. The quantitative estimate of drug-likeness (QED) is 0.736. The number of hydrogen-bond donors (Lipinski definition) is 3. The van der Waals surface area contributed by atoms with Crippen LogP contribution in [0.15, 0.2) is 12.3 Å². The number of anilines is 2. The zero-order chi connectivity index (χ0) is 13.3. The van der Waals surface area contributed by atoms with Gasteiger partial charge in [-0.25, -0.2) is 4.98 Å². The lowest BCUT2D eigenvalue weighted by molar-refractivity contribution is 0.0239. The number of nitriles is 1. The van der Waals surface area contributed by atoms with Gasteiger partial charge in [0.2, 0.25) is 0 Å². The molecule has 17 heavy (non-hydrogen) atoms. The Labute approximate surface area is 101 Å². The van der Waals surface area contributed by atoms with Gasteiger partial charge >= 0.3 is 0 Å². The van der Waals surface area contributed by atoms with Crippen molar-refractivity contribution in [2.24, 2.45) is 0 Å². The van der Waals surface area contributed by atoms with Crippen molar-refractivity contribution in [1.29, 1.82) is 5.26 Å². The summed E-state index contributed by atoms with van der Waals surface area (Å²) in [6, 6.07) is 3.55. The zero-order valence-electron chi connectivity index (χ0n) is 10.6. The third-order valence-corrected chi connectivity index (χ3v) is 3.07. The number of nitrogen functional groups attached to an aromatic ring is 1. The van der Waals surface area contributed by atoms with E-state index in [1.807, 2.05) is 19.9 Å². The second-order valence-corrected chi connectivity index (χ2v) is 5.04. The van der Waals surface area contributed by atoms with Gasteiger partial charge in [-0.3, -0.25) is 0 Å². The van der Waals surface area contributed by atoms with Crippen LogP contribution in [0.5, 0.6) is 0 Å². The predicted octanol–water partition coefficient (Wildman–Crippen LogP) is 1.50. The Morgan fingerprint density at radius 3 is 2.47 bits per heavy atom. The number of aliphatic hydroxyl groups is 1. The molecule has 1 aromatic heterocycles. The van der Waals surface area contributed by atoms with Crippen molar-refractivity contribution >= 4 is 11.5 Å². The van der Waals surface area contributed by atoms with Gasteiger partial charge in [-0.2, -0.15) is 5.26 Å². The van der Waals surface area contributed by atoms with E-state index in [1.54, 1.807) is 19.9 Å². The molecule has 1 rings (SSSR count). The first-order chi connectivity index (χ1) is 7.69. The van der Waals surface area contributed by atoms with Crippen molar-refractivity contribution in [3.05, 3.63) is 17.8 Å². The molecule has 0 aromatic carbocycles. The van der Waals surface area contributed by atoms with Crippen molar-refractivity contribution in [3.63, 3.8) is 0 Å². The molecular weight excluding hydrogens is 216 g/mol. The highest BCUT2D eigenvalue weighted by Gasteiger charge is 2.35. The summed E-state index contributed by atoms with van der Waals surface area (Å²) in [5.41, 5.74) is 4.91. The van der Waals surface area contributed by atoms with Crippen LogP contribution in [0.4, 0.5) is 11.5 Å². The van der Waals surface area contributed by atoms with Gasteiger partial charge in [-0.15, -0.1) is 0 Å². The molecule has 0 saturated carbocycles. The fourth-order valence-electron chi connectivity index (χ4n) is 1.12. The second kappa shape index (κ2) is 4.22. The third kappa shape index (κ3) is 2.66. The Kier molecular flexibility index (Phi) is 3.30. The van der Waals surface area contributed by atoms with Gasteiger partial charge in [0, 0.05) is 6.20 Å². The molecule has 0 fully saturated rings. The van der Waals surface area contributed by atoms with Gasteiger partial charge in [0.05, 0.1) is 22.4 Å². The summed E-state index contributed by atoms with van der Waals surface area (Å²) < 4.78 is 0. The summed E-state index contributed by atoms with van der Waals surface area (Å²) in [6.45, 7) is 7.08. The van der Waals surface area contributed by atoms with Crippen molar-refractivity contribution in [1.82, 2.24) is 4.98 Å². The minimum atomic E-state index is -0.955. The fourth-order valence-corrected chi connectivity index (χ4v) is 1.12. The molecule has 0 spiro atoms. The van der Waals surface area contributed by atoms with E-state index in [0.29, 0.717) is 17.1 Å². The highest BCUT2D eigenvalue weighted by Crippen LogP contribution is 2.28. The van der Waals surface area contributed by atoms with Crippen LogP contribution in [0.3, 0.4) is 0 Å². The van der Waals surface area contributed by atoms with Gasteiger partial charge in [-0.05, 0) is 33.8 Å². The fraction of sp³-hybridized carbons (Fsp3) is 0.500. The molecule has 5 nitrogen and oxygen atoms in total. The molecule has 0 aliphatic rings. The standard InChI is InChI=1S/C12H18N4O/c1-11(2,12(3,4)17)16-10-9(14)8(7-13)5-6-15-10/h5-6,17H,14H2,1-4H3,(H,15,16). The number of aromatic nitrogens is 1. The number of pyridine rings is 1. The summed E-state index contributed by atoms with van der Waals surface area (Å²) in [4.78, 5) is 4.09. The maximum atomic E-state index is 10.0. The average molecular weight is 234 g/mol. The lowest BCUT2D eigenvalue weighted by atomic mass is 9.86. The molecule has 0 saturated heterocycles. The Bertz CT molecular complexity index is 455. The molecule has 1 heterocycles. The van der Waals surface area contributed by atoms with Crippen LogP contribution < -0.4 is 11.1 Å². The van der Waals surface area contributed by atoms with Gasteiger partial charge in [-0.1, -0.05) is 0 Å². The van der Waals surface area contributed by atoms with E-state index in [2.05, 4.69) is 10.3 Å². The normalized spacial score (nSPS) is 12.0. The minimum Gasteiger partial charge on any atom is -0.395 e. The Morgan fingerprint density at radius 2 is 2.00 bits per heavy atom. The van der Waals surface area contributed by atoms with E-state index in [-0.39, 0.29) is 0 Å². The van der Waals surface area contributed by atoms with Crippen molar-refractivity contribution < 1.29 is 5.11 Å². The number of nitrogens with one attached hydrogen (secondary N) is 1. The zero-order valence-corrected chi connectivity index (χ0v) is 10.6. The lowest BCUT2D eigenvalue weighted by Crippen LogP contribution is -2.51. The van der Waals surface area contributed by atoms with Gasteiger partial charge in [0.1, 0.15) is 6.07 Å². The highest BCUT2D eigenvalue weighted by atomic mass is 16.3. The van der Waals surface area contributed by atoms with E-state index in [1.165, 1.54) is 6.20 Å². The van der Waals surface area contributed by atoms with Crippen LogP contribution in [0, 0.1) is 11.3 Å². The van der Waals surface area contributed by atoms with Crippen LogP contribution in [-0.2, 0) is 0 Å². The molecule has 0 atom stereocenters. The first kappa shape index (κ1) is 13.3. The number of nitrogens with zero attached hydrogens (tertiary/aromatic N) is 2. The molecule has 0 aliphatic heterocycles.